The molecule has 0 bridgehead atoms. The largest absolute Gasteiger partial charge is 0.507 e. The number of ether oxygens (including phenoxy) is 2. The molecule has 0 spiro atoms. The zero-order chi connectivity index (χ0) is 30.9. The number of piperidine rings is 1. The summed E-state index contributed by atoms with van der Waals surface area (Å²) in [7, 11) is 0. The predicted molar refractivity (Wildman–Crippen MR) is 176 cm³/mol. The molecule has 1 atom stereocenters. The van der Waals surface area contributed by atoms with Gasteiger partial charge in [-0.3, -0.25) is 9.88 Å². The number of hydrogen-bond acceptors (Lipinski definition) is 7. The zero-order valence-corrected chi connectivity index (χ0v) is 25.6. The van der Waals surface area contributed by atoms with Crippen LogP contribution in [-0.4, -0.2) is 40.7 Å². The van der Waals surface area contributed by atoms with Crippen molar-refractivity contribution in [3.05, 3.63) is 113 Å². The second-order valence-electron chi connectivity index (χ2n) is 11.6. The van der Waals surface area contributed by atoms with Gasteiger partial charge in [0, 0.05) is 34.1 Å². The Morgan fingerprint density at radius 2 is 1.73 bits per heavy atom. The summed E-state index contributed by atoms with van der Waals surface area (Å²) >= 11 is 0. The normalized spacial score (nSPS) is 14.6. The average Bonchev–Trinajstić information content (AvgIpc) is 3.43. The molecule has 1 unspecified atom stereocenters. The first-order valence-corrected chi connectivity index (χ1v) is 15.7. The van der Waals surface area contributed by atoms with Crippen molar-refractivity contribution in [2.24, 2.45) is 0 Å². The lowest BCUT2D eigenvalue weighted by Gasteiger charge is -2.36. The molecular formula is C38H36N2O5. The van der Waals surface area contributed by atoms with Crippen molar-refractivity contribution in [3.8, 4) is 11.5 Å². The summed E-state index contributed by atoms with van der Waals surface area (Å²) in [6.45, 7) is 5.91. The van der Waals surface area contributed by atoms with Crippen LogP contribution in [0, 0.1) is 6.92 Å². The second-order valence-corrected chi connectivity index (χ2v) is 11.6. The standard InChI is InChI=1S/C38H36N2O5/c1-3-43-38(42)32-24(2)45-37-30-15-14-28(44-23-27-12-9-11-25-10-5-6-13-29(25)27)22-31(30)36(41)34(33(32)37)35(26-16-18-39-19-17-26)40-20-7-4-8-21-40/h5-6,9-19,22,35,41H,3-4,7-8,20-21,23H2,1-2H3. The highest BCUT2D eigenvalue weighted by Gasteiger charge is 2.34. The highest BCUT2D eigenvalue weighted by molar-refractivity contribution is 6.17. The van der Waals surface area contributed by atoms with E-state index in [2.05, 4.69) is 34.1 Å². The molecule has 1 fully saturated rings. The van der Waals surface area contributed by atoms with Crippen LogP contribution in [0.15, 0.2) is 89.6 Å². The van der Waals surface area contributed by atoms with E-state index in [4.69, 9.17) is 13.9 Å². The summed E-state index contributed by atoms with van der Waals surface area (Å²) in [5.74, 6) is 0.728. The fourth-order valence-corrected chi connectivity index (χ4v) is 6.84. The number of benzene rings is 4. The number of esters is 1. The van der Waals surface area contributed by atoms with Crippen molar-refractivity contribution in [1.29, 1.82) is 0 Å². The van der Waals surface area contributed by atoms with Crippen LogP contribution in [0.1, 0.15) is 65.0 Å². The van der Waals surface area contributed by atoms with Gasteiger partial charge >= 0.3 is 5.97 Å². The second kappa shape index (κ2) is 12.3. The Bertz CT molecular complexity index is 2010. The molecule has 1 N–H and O–H groups in total. The molecule has 0 amide bonds. The summed E-state index contributed by atoms with van der Waals surface area (Å²) in [4.78, 5) is 20.1. The Balaban J connectivity index is 1.42. The summed E-state index contributed by atoms with van der Waals surface area (Å²) in [6, 6.07) is 23.8. The fourth-order valence-electron chi connectivity index (χ4n) is 6.84. The molecule has 45 heavy (non-hydrogen) atoms. The number of hydrogen-bond donors (Lipinski definition) is 1. The number of carbonyl (C=O) groups is 1. The summed E-state index contributed by atoms with van der Waals surface area (Å²) in [5.41, 5.74) is 3.61. The number of carbonyl (C=O) groups excluding carboxylic acids is 1. The molecular weight excluding hydrogens is 564 g/mol. The van der Waals surface area contributed by atoms with Gasteiger partial charge in [0.2, 0.25) is 0 Å². The molecule has 0 saturated carbocycles. The van der Waals surface area contributed by atoms with Gasteiger partial charge < -0.3 is 19.0 Å². The molecule has 4 aromatic carbocycles. The van der Waals surface area contributed by atoms with Gasteiger partial charge in [-0.25, -0.2) is 4.79 Å². The van der Waals surface area contributed by atoms with Gasteiger partial charge in [0.15, 0.2) is 0 Å². The molecule has 6 aromatic rings. The van der Waals surface area contributed by atoms with E-state index in [9.17, 15) is 9.90 Å². The molecule has 228 valence electrons. The molecule has 7 rings (SSSR count). The number of phenolic OH excluding ortho intramolecular Hbond substituents is 1. The maximum atomic E-state index is 13.4. The molecule has 0 aliphatic carbocycles. The number of aryl methyl sites for hydroxylation is 1. The van der Waals surface area contributed by atoms with E-state index in [1.165, 1.54) is 0 Å². The number of aromatic nitrogens is 1. The first kappa shape index (κ1) is 28.9. The van der Waals surface area contributed by atoms with Crippen LogP contribution in [0.2, 0.25) is 0 Å². The molecule has 2 aromatic heterocycles. The molecule has 3 heterocycles. The van der Waals surface area contributed by atoms with Gasteiger partial charge in [0.05, 0.1) is 12.6 Å². The zero-order valence-electron chi connectivity index (χ0n) is 25.6. The number of rotatable bonds is 8. The van der Waals surface area contributed by atoms with E-state index in [1.807, 2.05) is 48.5 Å². The molecule has 1 saturated heterocycles. The highest BCUT2D eigenvalue weighted by atomic mass is 16.5. The molecule has 7 nitrogen and oxygen atoms in total. The molecule has 0 radical (unpaired) electrons. The van der Waals surface area contributed by atoms with Crippen molar-refractivity contribution in [3.63, 3.8) is 0 Å². The van der Waals surface area contributed by atoms with Gasteiger partial charge in [-0.1, -0.05) is 48.9 Å². The minimum Gasteiger partial charge on any atom is -0.507 e. The number of likely N-dealkylation sites (tertiary alicyclic amines) is 1. The number of furan rings is 1. The number of phenols is 1. The summed E-state index contributed by atoms with van der Waals surface area (Å²) in [6.07, 6.45) is 6.82. The Morgan fingerprint density at radius 1 is 0.956 bits per heavy atom. The number of fused-ring (bicyclic) bond motifs is 4. The quantitative estimate of drug-likeness (QED) is 0.175. The third-order valence-electron chi connectivity index (χ3n) is 8.90. The van der Waals surface area contributed by atoms with Crippen LogP contribution < -0.4 is 4.74 Å². The topological polar surface area (TPSA) is 85.0 Å². The van der Waals surface area contributed by atoms with Gasteiger partial charge in [0.25, 0.3) is 0 Å². The van der Waals surface area contributed by atoms with Crippen LogP contribution in [0.3, 0.4) is 0 Å². The van der Waals surface area contributed by atoms with E-state index < -0.39 is 5.97 Å². The van der Waals surface area contributed by atoms with Crippen LogP contribution >= 0.6 is 0 Å². The van der Waals surface area contributed by atoms with Gasteiger partial charge in [-0.2, -0.15) is 0 Å². The van der Waals surface area contributed by atoms with Crippen LogP contribution in [-0.2, 0) is 11.3 Å². The van der Waals surface area contributed by atoms with Gasteiger partial charge in [0.1, 0.15) is 35.0 Å². The molecule has 1 aliphatic heterocycles. The Hall–Kier alpha value is -4.88. The van der Waals surface area contributed by atoms with Crippen LogP contribution in [0.5, 0.6) is 11.5 Å². The number of nitrogens with zero attached hydrogens (tertiary/aromatic N) is 2. The van der Waals surface area contributed by atoms with E-state index in [-0.39, 0.29) is 18.4 Å². The molecule has 1 aliphatic rings. The third-order valence-corrected chi connectivity index (χ3v) is 8.90. The van der Waals surface area contributed by atoms with Gasteiger partial charge in [-0.15, -0.1) is 0 Å². The predicted octanol–water partition coefficient (Wildman–Crippen LogP) is 8.48. The Labute approximate surface area is 262 Å². The van der Waals surface area contributed by atoms with Crippen LogP contribution in [0.25, 0.3) is 32.5 Å². The monoisotopic (exact) mass is 600 g/mol. The first-order chi connectivity index (χ1) is 22.0. The van der Waals surface area contributed by atoms with Crippen molar-refractivity contribution in [2.45, 2.75) is 45.8 Å². The van der Waals surface area contributed by atoms with Gasteiger partial charge in [-0.05, 0) is 92.0 Å². The SMILES string of the molecule is CCOC(=O)c1c(C)oc2c1c(C(c1ccncc1)N1CCCCC1)c(O)c1cc(OCc3cccc4ccccc34)ccc12. The summed E-state index contributed by atoms with van der Waals surface area (Å²) in [5, 5.41) is 16.5. The lowest BCUT2D eigenvalue weighted by molar-refractivity contribution is 0.0526. The maximum Gasteiger partial charge on any atom is 0.342 e. The van der Waals surface area contributed by atoms with E-state index >= 15 is 0 Å². The van der Waals surface area contributed by atoms with E-state index in [0.29, 0.717) is 51.0 Å². The van der Waals surface area contributed by atoms with Crippen molar-refractivity contribution in [2.75, 3.05) is 19.7 Å². The first-order valence-electron chi connectivity index (χ1n) is 15.7. The Kier molecular flexibility index (Phi) is 7.86. The van der Waals surface area contributed by atoms with Crippen molar-refractivity contribution < 1.29 is 23.8 Å². The Morgan fingerprint density at radius 3 is 2.53 bits per heavy atom. The van der Waals surface area contributed by atoms with E-state index in [1.54, 1.807) is 26.2 Å². The smallest absolute Gasteiger partial charge is 0.342 e. The lowest BCUT2D eigenvalue weighted by atomic mass is 9.88. The van der Waals surface area contributed by atoms with E-state index in [0.717, 1.165) is 54.3 Å². The van der Waals surface area contributed by atoms with Crippen molar-refractivity contribution >= 4 is 38.5 Å². The minimum absolute atomic E-state index is 0.104. The summed E-state index contributed by atoms with van der Waals surface area (Å²) < 4.78 is 18.2. The van der Waals surface area contributed by atoms with Crippen molar-refractivity contribution in [1.82, 2.24) is 9.88 Å². The maximum absolute atomic E-state index is 13.4. The average molecular weight is 601 g/mol. The number of pyridine rings is 1. The molecule has 7 heteroatoms. The third kappa shape index (κ3) is 5.27. The highest BCUT2D eigenvalue weighted by Crippen LogP contribution is 2.48. The fraction of sp³-hybridized carbons (Fsp3) is 0.263. The number of aromatic hydroxyl groups is 1. The lowest BCUT2D eigenvalue weighted by Crippen LogP contribution is -2.34. The minimum atomic E-state index is -0.462. The van der Waals surface area contributed by atoms with Crippen LogP contribution in [0.4, 0.5) is 0 Å².